The molecule has 2 unspecified atom stereocenters. The zero-order valence-corrected chi connectivity index (χ0v) is 13.2. The summed E-state index contributed by atoms with van der Waals surface area (Å²) in [6.45, 7) is 20.7. The van der Waals surface area contributed by atoms with Crippen LogP contribution in [0.5, 0.6) is 0 Å². The van der Waals surface area contributed by atoms with Gasteiger partial charge >= 0.3 is 0 Å². The first kappa shape index (κ1) is 14.3. The van der Waals surface area contributed by atoms with E-state index in [1.165, 1.54) is 32.7 Å². The van der Waals surface area contributed by atoms with Crippen LogP contribution in [0.4, 0.5) is 0 Å². The standard InChI is InChI=1S/C16H32N2/c1-12-7-17-8-13(2)10-18(9-12)11-14-15(3,4)16(14,5)6/h12-14,17H,7-11H2,1-6H3. The summed E-state index contributed by atoms with van der Waals surface area (Å²) in [5.74, 6) is 2.43. The van der Waals surface area contributed by atoms with E-state index in [2.05, 4.69) is 51.8 Å². The minimum absolute atomic E-state index is 0.528. The highest BCUT2D eigenvalue weighted by molar-refractivity contribution is 5.13. The molecule has 2 atom stereocenters. The molecule has 2 aliphatic rings. The van der Waals surface area contributed by atoms with Crippen LogP contribution >= 0.6 is 0 Å². The van der Waals surface area contributed by atoms with Gasteiger partial charge in [-0.25, -0.2) is 0 Å². The van der Waals surface area contributed by atoms with Gasteiger partial charge in [0.1, 0.15) is 0 Å². The normalized spacial score (nSPS) is 37.0. The second-order valence-electron chi connectivity index (χ2n) is 8.08. The third-order valence-corrected chi connectivity index (χ3v) is 5.89. The molecule has 2 fully saturated rings. The second-order valence-corrected chi connectivity index (χ2v) is 8.08. The topological polar surface area (TPSA) is 15.3 Å². The van der Waals surface area contributed by atoms with Crippen LogP contribution < -0.4 is 5.32 Å². The van der Waals surface area contributed by atoms with Crippen LogP contribution in [-0.4, -0.2) is 37.6 Å². The average Bonchev–Trinajstić information content (AvgIpc) is 2.58. The average molecular weight is 252 g/mol. The van der Waals surface area contributed by atoms with Crippen molar-refractivity contribution in [3.63, 3.8) is 0 Å². The molecule has 2 nitrogen and oxygen atoms in total. The Balaban J connectivity index is 1.95. The third kappa shape index (κ3) is 2.60. The van der Waals surface area contributed by atoms with Crippen molar-refractivity contribution < 1.29 is 0 Å². The number of rotatable bonds is 2. The summed E-state index contributed by atoms with van der Waals surface area (Å²) >= 11 is 0. The predicted molar refractivity (Wildman–Crippen MR) is 78.7 cm³/mol. The largest absolute Gasteiger partial charge is 0.316 e. The van der Waals surface area contributed by atoms with E-state index >= 15 is 0 Å². The minimum atomic E-state index is 0.528. The van der Waals surface area contributed by atoms with Crippen LogP contribution in [0.15, 0.2) is 0 Å². The van der Waals surface area contributed by atoms with E-state index in [-0.39, 0.29) is 0 Å². The molecule has 1 saturated heterocycles. The Morgan fingerprint density at radius 2 is 1.39 bits per heavy atom. The highest BCUT2D eigenvalue weighted by Gasteiger charge is 2.64. The van der Waals surface area contributed by atoms with Crippen molar-refractivity contribution in [2.24, 2.45) is 28.6 Å². The maximum absolute atomic E-state index is 3.58. The first-order valence-electron chi connectivity index (χ1n) is 7.68. The smallest absolute Gasteiger partial charge is 0.00205 e. The zero-order valence-electron chi connectivity index (χ0n) is 13.2. The van der Waals surface area contributed by atoms with Gasteiger partial charge < -0.3 is 10.2 Å². The maximum atomic E-state index is 3.58. The molecule has 1 saturated carbocycles. The van der Waals surface area contributed by atoms with Crippen molar-refractivity contribution in [2.45, 2.75) is 41.5 Å². The van der Waals surface area contributed by atoms with Gasteiger partial charge in [0.25, 0.3) is 0 Å². The fraction of sp³-hybridized carbons (Fsp3) is 1.00. The lowest BCUT2D eigenvalue weighted by Crippen LogP contribution is -2.43. The van der Waals surface area contributed by atoms with Crippen LogP contribution in [0, 0.1) is 28.6 Å². The SMILES string of the molecule is CC1CNCC(C)CN(CC2C(C)(C)C2(C)C)C1. The minimum Gasteiger partial charge on any atom is -0.316 e. The summed E-state index contributed by atoms with van der Waals surface area (Å²) in [5.41, 5.74) is 1.06. The molecule has 0 aromatic rings. The molecule has 0 bridgehead atoms. The van der Waals surface area contributed by atoms with Gasteiger partial charge in [0, 0.05) is 19.6 Å². The Bertz CT molecular complexity index is 269. The van der Waals surface area contributed by atoms with E-state index in [1.54, 1.807) is 0 Å². The Kier molecular flexibility index (Phi) is 3.81. The summed E-state index contributed by atoms with van der Waals surface area (Å²) < 4.78 is 0. The summed E-state index contributed by atoms with van der Waals surface area (Å²) in [5, 5.41) is 3.58. The Morgan fingerprint density at radius 3 is 1.78 bits per heavy atom. The van der Waals surface area contributed by atoms with Crippen molar-refractivity contribution in [2.75, 3.05) is 32.7 Å². The molecule has 1 N–H and O–H groups in total. The highest BCUT2D eigenvalue weighted by Crippen LogP contribution is 2.68. The molecule has 106 valence electrons. The second kappa shape index (κ2) is 4.79. The quantitative estimate of drug-likeness (QED) is 0.813. The molecule has 0 amide bonds. The Morgan fingerprint density at radius 1 is 0.944 bits per heavy atom. The number of hydrogen-bond acceptors (Lipinski definition) is 2. The molecule has 1 aliphatic heterocycles. The molecule has 0 spiro atoms. The van der Waals surface area contributed by atoms with Crippen molar-refractivity contribution >= 4 is 0 Å². The van der Waals surface area contributed by atoms with Crippen molar-refractivity contribution in [3.8, 4) is 0 Å². The molecule has 0 radical (unpaired) electrons. The fourth-order valence-electron chi connectivity index (χ4n) is 3.86. The fourth-order valence-corrected chi connectivity index (χ4v) is 3.86. The maximum Gasteiger partial charge on any atom is 0.00205 e. The number of nitrogens with one attached hydrogen (secondary N) is 1. The third-order valence-electron chi connectivity index (χ3n) is 5.89. The summed E-state index contributed by atoms with van der Waals surface area (Å²) in [4.78, 5) is 2.73. The molecule has 1 aliphatic carbocycles. The van der Waals surface area contributed by atoms with E-state index in [0.717, 1.165) is 17.8 Å². The van der Waals surface area contributed by atoms with E-state index in [1.807, 2.05) is 0 Å². The molecule has 0 aromatic heterocycles. The first-order valence-corrected chi connectivity index (χ1v) is 7.68. The lowest BCUT2D eigenvalue weighted by atomic mass is 10.0. The van der Waals surface area contributed by atoms with Gasteiger partial charge in [0.2, 0.25) is 0 Å². The molecule has 1 heterocycles. The molecule has 0 aromatic carbocycles. The van der Waals surface area contributed by atoms with E-state index < -0.39 is 0 Å². The van der Waals surface area contributed by atoms with Crippen LogP contribution in [0.25, 0.3) is 0 Å². The lowest BCUT2D eigenvalue weighted by molar-refractivity contribution is 0.170. The van der Waals surface area contributed by atoms with Gasteiger partial charge in [0.15, 0.2) is 0 Å². The van der Waals surface area contributed by atoms with Crippen LogP contribution in [0.2, 0.25) is 0 Å². The predicted octanol–water partition coefficient (Wildman–Crippen LogP) is 2.85. The monoisotopic (exact) mass is 252 g/mol. The van der Waals surface area contributed by atoms with Gasteiger partial charge in [-0.15, -0.1) is 0 Å². The van der Waals surface area contributed by atoms with Crippen molar-refractivity contribution in [3.05, 3.63) is 0 Å². The number of hydrogen-bond donors (Lipinski definition) is 1. The molecular weight excluding hydrogens is 220 g/mol. The van der Waals surface area contributed by atoms with E-state index in [0.29, 0.717) is 10.8 Å². The van der Waals surface area contributed by atoms with Gasteiger partial charge in [0.05, 0.1) is 0 Å². The summed E-state index contributed by atoms with van der Waals surface area (Å²) in [6.07, 6.45) is 0. The molecular formula is C16H32N2. The van der Waals surface area contributed by atoms with Gasteiger partial charge in [-0.05, 0) is 41.7 Å². The van der Waals surface area contributed by atoms with Crippen LogP contribution in [0.1, 0.15) is 41.5 Å². The van der Waals surface area contributed by atoms with Gasteiger partial charge in [-0.2, -0.15) is 0 Å². The van der Waals surface area contributed by atoms with Crippen molar-refractivity contribution in [1.29, 1.82) is 0 Å². The van der Waals surface area contributed by atoms with Crippen LogP contribution in [-0.2, 0) is 0 Å². The highest BCUT2D eigenvalue weighted by atomic mass is 15.2. The molecule has 2 heteroatoms. The van der Waals surface area contributed by atoms with E-state index in [9.17, 15) is 0 Å². The zero-order chi connectivity index (χ0) is 13.6. The number of nitrogens with zero attached hydrogens (tertiary/aromatic N) is 1. The van der Waals surface area contributed by atoms with Crippen LogP contribution in [0.3, 0.4) is 0 Å². The van der Waals surface area contributed by atoms with Crippen molar-refractivity contribution in [1.82, 2.24) is 10.2 Å². The lowest BCUT2D eigenvalue weighted by Gasteiger charge is -2.32. The Labute approximate surface area is 114 Å². The summed E-state index contributed by atoms with van der Waals surface area (Å²) in [7, 11) is 0. The summed E-state index contributed by atoms with van der Waals surface area (Å²) in [6, 6.07) is 0. The van der Waals surface area contributed by atoms with Gasteiger partial charge in [-0.1, -0.05) is 41.5 Å². The Hall–Kier alpha value is -0.0800. The molecule has 18 heavy (non-hydrogen) atoms. The first-order chi connectivity index (χ1) is 8.25. The molecule has 2 rings (SSSR count). The van der Waals surface area contributed by atoms with E-state index in [4.69, 9.17) is 0 Å². The van der Waals surface area contributed by atoms with Gasteiger partial charge in [-0.3, -0.25) is 0 Å².